The van der Waals surface area contributed by atoms with Gasteiger partial charge in [-0.2, -0.15) is 0 Å². The molecule has 6 heteroatoms. The fourth-order valence-electron chi connectivity index (χ4n) is 2.34. The van der Waals surface area contributed by atoms with Crippen molar-refractivity contribution in [2.24, 2.45) is 0 Å². The molecule has 19 heavy (non-hydrogen) atoms. The first-order valence-electron chi connectivity index (χ1n) is 6.86. The standard InChI is InChI=1S/C13H24N2O4/c1-13(2,3)19-12(16)15-5-7-18-9-11(15)10-8-17-6-4-14-10/h10-11,14H,4-9H2,1-3H3. The van der Waals surface area contributed by atoms with Gasteiger partial charge in [0.15, 0.2) is 0 Å². The smallest absolute Gasteiger partial charge is 0.410 e. The minimum atomic E-state index is -0.476. The Kier molecular flexibility index (Phi) is 4.65. The van der Waals surface area contributed by atoms with Gasteiger partial charge in [0, 0.05) is 13.1 Å². The molecule has 1 amide bonds. The Hall–Kier alpha value is -0.850. The van der Waals surface area contributed by atoms with Crippen molar-refractivity contribution in [3.8, 4) is 0 Å². The molecule has 2 aliphatic heterocycles. The molecule has 110 valence electrons. The Bertz CT molecular complexity index is 310. The molecule has 2 fully saturated rings. The van der Waals surface area contributed by atoms with Crippen LogP contribution in [0.5, 0.6) is 0 Å². The van der Waals surface area contributed by atoms with E-state index in [1.165, 1.54) is 0 Å². The second-order valence-corrected chi connectivity index (χ2v) is 5.95. The van der Waals surface area contributed by atoms with E-state index < -0.39 is 5.60 Å². The number of nitrogens with zero attached hydrogens (tertiary/aromatic N) is 1. The second-order valence-electron chi connectivity index (χ2n) is 5.95. The molecule has 0 aromatic carbocycles. The molecule has 6 nitrogen and oxygen atoms in total. The summed E-state index contributed by atoms with van der Waals surface area (Å²) in [5.41, 5.74) is -0.476. The molecule has 2 saturated heterocycles. The SMILES string of the molecule is CC(C)(C)OC(=O)N1CCOCC1C1COCCN1. The molecular formula is C13H24N2O4. The predicted octanol–water partition coefficient (Wildman–Crippen LogP) is 0.611. The molecule has 2 unspecified atom stereocenters. The predicted molar refractivity (Wildman–Crippen MR) is 70.2 cm³/mol. The van der Waals surface area contributed by atoms with Crippen LogP contribution in [0.15, 0.2) is 0 Å². The number of amides is 1. The van der Waals surface area contributed by atoms with Crippen LogP contribution in [0.1, 0.15) is 20.8 Å². The van der Waals surface area contributed by atoms with E-state index in [4.69, 9.17) is 14.2 Å². The van der Waals surface area contributed by atoms with Crippen LogP contribution < -0.4 is 5.32 Å². The number of nitrogens with one attached hydrogen (secondary N) is 1. The number of carbonyl (C=O) groups excluding carboxylic acids is 1. The highest BCUT2D eigenvalue weighted by Crippen LogP contribution is 2.17. The summed E-state index contributed by atoms with van der Waals surface area (Å²) in [6, 6.07) is 0.0884. The number of hydrogen-bond donors (Lipinski definition) is 1. The number of rotatable bonds is 1. The van der Waals surface area contributed by atoms with Gasteiger partial charge >= 0.3 is 6.09 Å². The van der Waals surface area contributed by atoms with E-state index in [1.54, 1.807) is 4.90 Å². The highest BCUT2D eigenvalue weighted by Gasteiger charge is 2.36. The summed E-state index contributed by atoms with van der Waals surface area (Å²) in [4.78, 5) is 14.0. The van der Waals surface area contributed by atoms with E-state index in [2.05, 4.69) is 5.32 Å². The van der Waals surface area contributed by atoms with Crippen molar-refractivity contribution >= 4 is 6.09 Å². The molecule has 0 saturated carbocycles. The number of ether oxygens (including phenoxy) is 3. The molecule has 0 spiro atoms. The highest BCUT2D eigenvalue weighted by molar-refractivity contribution is 5.68. The largest absolute Gasteiger partial charge is 0.444 e. The molecule has 0 radical (unpaired) electrons. The van der Waals surface area contributed by atoms with E-state index in [-0.39, 0.29) is 18.2 Å². The van der Waals surface area contributed by atoms with Crippen LogP contribution in [-0.4, -0.2) is 68.2 Å². The summed E-state index contributed by atoms with van der Waals surface area (Å²) >= 11 is 0. The fourth-order valence-corrected chi connectivity index (χ4v) is 2.34. The van der Waals surface area contributed by atoms with Gasteiger partial charge in [-0.25, -0.2) is 4.79 Å². The van der Waals surface area contributed by atoms with E-state index in [0.29, 0.717) is 26.4 Å². The lowest BCUT2D eigenvalue weighted by Crippen LogP contribution is -2.61. The molecule has 2 rings (SSSR count). The van der Waals surface area contributed by atoms with Gasteiger partial charge in [0.25, 0.3) is 0 Å². The van der Waals surface area contributed by atoms with E-state index in [0.717, 1.165) is 13.2 Å². The van der Waals surface area contributed by atoms with Gasteiger partial charge in [-0.1, -0.05) is 0 Å². The van der Waals surface area contributed by atoms with E-state index >= 15 is 0 Å². The average molecular weight is 272 g/mol. The van der Waals surface area contributed by atoms with Crippen molar-refractivity contribution in [2.45, 2.75) is 38.5 Å². The number of carbonyl (C=O) groups is 1. The zero-order valence-corrected chi connectivity index (χ0v) is 12.0. The van der Waals surface area contributed by atoms with Crippen molar-refractivity contribution in [3.63, 3.8) is 0 Å². The summed E-state index contributed by atoms with van der Waals surface area (Å²) < 4.78 is 16.4. The lowest BCUT2D eigenvalue weighted by molar-refractivity contribution is -0.0563. The number of morpholine rings is 2. The van der Waals surface area contributed by atoms with Gasteiger partial charge in [0.2, 0.25) is 0 Å². The maximum Gasteiger partial charge on any atom is 0.410 e. The summed E-state index contributed by atoms with van der Waals surface area (Å²) in [5.74, 6) is 0. The average Bonchev–Trinajstić information content (AvgIpc) is 2.38. The normalized spacial score (nSPS) is 29.1. The van der Waals surface area contributed by atoms with E-state index in [9.17, 15) is 4.79 Å². The Labute approximate surface area is 114 Å². The molecule has 2 heterocycles. The van der Waals surface area contributed by atoms with Gasteiger partial charge in [0.05, 0.1) is 38.5 Å². The van der Waals surface area contributed by atoms with Crippen LogP contribution in [0.25, 0.3) is 0 Å². The van der Waals surface area contributed by atoms with Crippen LogP contribution in [0.4, 0.5) is 4.79 Å². The quantitative estimate of drug-likeness (QED) is 0.758. The zero-order valence-electron chi connectivity index (χ0n) is 12.0. The van der Waals surface area contributed by atoms with Gasteiger partial charge in [-0.15, -0.1) is 0 Å². The van der Waals surface area contributed by atoms with Crippen molar-refractivity contribution in [3.05, 3.63) is 0 Å². The van der Waals surface area contributed by atoms with Crippen LogP contribution >= 0.6 is 0 Å². The van der Waals surface area contributed by atoms with E-state index in [1.807, 2.05) is 20.8 Å². The summed E-state index contributed by atoms with van der Waals surface area (Å²) in [6.45, 7) is 9.42. The van der Waals surface area contributed by atoms with Gasteiger partial charge in [0.1, 0.15) is 5.60 Å². The minimum absolute atomic E-state index is 0.0242. The monoisotopic (exact) mass is 272 g/mol. The van der Waals surface area contributed by atoms with Crippen LogP contribution in [0.3, 0.4) is 0 Å². The number of hydrogen-bond acceptors (Lipinski definition) is 5. The molecular weight excluding hydrogens is 248 g/mol. The maximum absolute atomic E-state index is 12.2. The molecule has 0 bridgehead atoms. The first kappa shape index (κ1) is 14.6. The Morgan fingerprint density at radius 2 is 2.00 bits per heavy atom. The Balaban J connectivity index is 2.00. The molecule has 0 aliphatic carbocycles. The second kappa shape index (κ2) is 6.07. The molecule has 0 aromatic heterocycles. The highest BCUT2D eigenvalue weighted by atomic mass is 16.6. The van der Waals surface area contributed by atoms with Crippen LogP contribution in [-0.2, 0) is 14.2 Å². The van der Waals surface area contributed by atoms with Crippen molar-refractivity contribution < 1.29 is 19.0 Å². The van der Waals surface area contributed by atoms with Crippen LogP contribution in [0, 0.1) is 0 Å². The third kappa shape index (κ3) is 4.06. The maximum atomic E-state index is 12.2. The topological polar surface area (TPSA) is 60.0 Å². The van der Waals surface area contributed by atoms with Gasteiger partial charge < -0.3 is 19.5 Å². The molecule has 2 atom stereocenters. The van der Waals surface area contributed by atoms with Crippen molar-refractivity contribution in [1.82, 2.24) is 10.2 Å². The molecule has 1 N–H and O–H groups in total. The molecule has 0 aromatic rings. The van der Waals surface area contributed by atoms with Gasteiger partial charge in [-0.05, 0) is 20.8 Å². The minimum Gasteiger partial charge on any atom is -0.444 e. The summed E-state index contributed by atoms with van der Waals surface area (Å²) in [7, 11) is 0. The zero-order chi connectivity index (χ0) is 13.9. The third-order valence-electron chi connectivity index (χ3n) is 3.21. The third-order valence-corrected chi connectivity index (χ3v) is 3.21. The first-order chi connectivity index (χ1) is 8.97. The summed E-state index contributed by atoms with van der Waals surface area (Å²) in [6.07, 6.45) is -0.270. The lowest BCUT2D eigenvalue weighted by Gasteiger charge is -2.41. The fraction of sp³-hybridized carbons (Fsp3) is 0.923. The van der Waals surface area contributed by atoms with Crippen LogP contribution in [0.2, 0.25) is 0 Å². The summed E-state index contributed by atoms with van der Waals surface area (Å²) in [5, 5.41) is 3.38. The van der Waals surface area contributed by atoms with Crippen molar-refractivity contribution in [2.75, 3.05) is 39.5 Å². The van der Waals surface area contributed by atoms with Crippen molar-refractivity contribution in [1.29, 1.82) is 0 Å². The molecule has 2 aliphatic rings. The Morgan fingerprint density at radius 3 is 2.63 bits per heavy atom. The van der Waals surface area contributed by atoms with Gasteiger partial charge in [-0.3, -0.25) is 4.90 Å². The first-order valence-corrected chi connectivity index (χ1v) is 6.86. The Morgan fingerprint density at radius 1 is 1.26 bits per heavy atom. The lowest BCUT2D eigenvalue weighted by atomic mass is 10.1.